The molecule has 0 bridgehead atoms. The summed E-state index contributed by atoms with van der Waals surface area (Å²) in [5.74, 6) is 0.141. The Labute approximate surface area is 109 Å². The Morgan fingerprint density at radius 1 is 1.39 bits per heavy atom. The molecule has 0 aromatic rings. The first kappa shape index (κ1) is 16.0. The maximum absolute atomic E-state index is 12.0. The van der Waals surface area contributed by atoms with Crippen molar-refractivity contribution in [3.05, 3.63) is 37.1 Å². The van der Waals surface area contributed by atoms with Crippen LogP contribution in [0.4, 0.5) is 0 Å². The molecule has 0 aliphatic carbocycles. The molecule has 0 saturated carbocycles. The summed E-state index contributed by atoms with van der Waals surface area (Å²) in [4.78, 5) is 13.5. The highest BCUT2D eigenvalue weighted by Gasteiger charge is 2.15. The average Bonchev–Trinajstić information content (AvgIpc) is 2.33. The van der Waals surface area contributed by atoms with E-state index in [1.807, 2.05) is 6.07 Å². The van der Waals surface area contributed by atoms with Gasteiger partial charge in [-0.3, -0.25) is 4.79 Å². The van der Waals surface area contributed by atoms with Gasteiger partial charge in [0, 0.05) is 25.8 Å². The zero-order valence-corrected chi connectivity index (χ0v) is 11.1. The summed E-state index contributed by atoms with van der Waals surface area (Å²) < 4.78 is 0. The molecule has 0 unspecified atom stereocenters. The Morgan fingerprint density at radius 3 is 2.33 bits per heavy atom. The Morgan fingerprint density at radius 2 is 1.94 bits per heavy atom. The van der Waals surface area contributed by atoms with E-state index in [1.54, 1.807) is 12.2 Å². The fourth-order valence-corrected chi connectivity index (χ4v) is 1.26. The fraction of sp³-hybridized carbons (Fsp3) is 0.429. The second-order valence-corrected chi connectivity index (χ2v) is 4.26. The number of nitrogens with one attached hydrogen (secondary N) is 1. The minimum atomic E-state index is -0.312. The quantitative estimate of drug-likeness (QED) is 0.404. The van der Waals surface area contributed by atoms with Gasteiger partial charge in [-0.05, 0) is 5.92 Å². The standard InChI is InChI=1S/C14H21N3O/c1-5-7-17(8-6-2)14(18)13(9-15)11-16-10-12(3)4/h5-6,11-12,16H,1-2,7-8,10H2,3-4H3/b13-11-. The third-order valence-electron chi connectivity index (χ3n) is 2.11. The minimum absolute atomic E-state index is 0.0966. The molecule has 0 spiro atoms. The molecule has 0 aromatic heterocycles. The number of rotatable bonds is 8. The molecule has 0 atom stereocenters. The summed E-state index contributed by atoms with van der Waals surface area (Å²) in [6.45, 7) is 12.8. The van der Waals surface area contributed by atoms with Crippen molar-refractivity contribution in [2.75, 3.05) is 19.6 Å². The largest absolute Gasteiger partial charge is 0.389 e. The molecule has 4 nitrogen and oxygen atoms in total. The molecule has 0 aromatic carbocycles. The van der Waals surface area contributed by atoms with E-state index in [9.17, 15) is 4.79 Å². The van der Waals surface area contributed by atoms with Gasteiger partial charge in [0.05, 0.1) is 0 Å². The highest BCUT2D eigenvalue weighted by Crippen LogP contribution is 2.01. The van der Waals surface area contributed by atoms with Gasteiger partial charge in [-0.25, -0.2) is 0 Å². The molecule has 1 N–H and O–H groups in total. The Balaban J connectivity index is 4.71. The average molecular weight is 247 g/mol. The summed E-state index contributed by atoms with van der Waals surface area (Å²) in [6, 6.07) is 1.91. The van der Waals surface area contributed by atoms with Crippen LogP contribution in [0.15, 0.2) is 37.1 Å². The molecular weight excluding hydrogens is 226 g/mol. The summed E-state index contributed by atoms with van der Waals surface area (Å²) in [5.41, 5.74) is 0.0966. The van der Waals surface area contributed by atoms with Crippen molar-refractivity contribution >= 4 is 5.91 Å². The fourth-order valence-electron chi connectivity index (χ4n) is 1.26. The summed E-state index contributed by atoms with van der Waals surface area (Å²) in [7, 11) is 0. The van der Waals surface area contributed by atoms with E-state index in [2.05, 4.69) is 32.3 Å². The zero-order valence-electron chi connectivity index (χ0n) is 11.1. The number of carbonyl (C=O) groups is 1. The second kappa shape index (κ2) is 9.06. The first-order chi connectivity index (χ1) is 8.56. The van der Waals surface area contributed by atoms with Crippen molar-refractivity contribution < 1.29 is 4.79 Å². The van der Waals surface area contributed by atoms with E-state index < -0.39 is 0 Å². The van der Waals surface area contributed by atoms with Crippen molar-refractivity contribution in [2.45, 2.75) is 13.8 Å². The minimum Gasteiger partial charge on any atom is -0.389 e. The van der Waals surface area contributed by atoms with E-state index in [1.165, 1.54) is 11.1 Å². The van der Waals surface area contributed by atoms with Crippen LogP contribution in [0.5, 0.6) is 0 Å². The molecule has 0 fully saturated rings. The van der Waals surface area contributed by atoms with Gasteiger partial charge in [0.1, 0.15) is 11.6 Å². The number of nitriles is 1. The maximum Gasteiger partial charge on any atom is 0.266 e. The number of amides is 1. The van der Waals surface area contributed by atoms with Crippen molar-refractivity contribution in [3.63, 3.8) is 0 Å². The van der Waals surface area contributed by atoms with Gasteiger partial charge >= 0.3 is 0 Å². The lowest BCUT2D eigenvalue weighted by Gasteiger charge is -2.18. The van der Waals surface area contributed by atoms with Gasteiger partial charge < -0.3 is 10.2 Å². The van der Waals surface area contributed by atoms with Crippen molar-refractivity contribution in [1.82, 2.24) is 10.2 Å². The van der Waals surface area contributed by atoms with E-state index in [0.29, 0.717) is 19.0 Å². The molecule has 0 saturated heterocycles. The van der Waals surface area contributed by atoms with Crippen LogP contribution in [0, 0.1) is 17.2 Å². The van der Waals surface area contributed by atoms with Crippen molar-refractivity contribution in [3.8, 4) is 6.07 Å². The molecular formula is C14H21N3O. The first-order valence-corrected chi connectivity index (χ1v) is 5.91. The molecule has 1 amide bonds. The molecule has 0 aliphatic heterocycles. The summed E-state index contributed by atoms with van der Waals surface area (Å²) in [6.07, 6.45) is 4.72. The van der Waals surface area contributed by atoms with Crippen LogP contribution < -0.4 is 5.32 Å². The number of nitrogens with zero attached hydrogens (tertiary/aromatic N) is 2. The van der Waals surface area contributed by atoms with E-state index in [-0.39, 0.29) is 11.5 Å². The van der Waals surface area contributed by atoms with E-state index in [4.69, 9.17) is 5.26 Å². The van der Waals surface area contributed by atoms with Crippen LogP contribution in [-0.2, 0) is 4.79 Å². The van der Waals surface area contributed by atoms with Crippen LogP contribution in [-0.4, -0.2) is 30.4 Å². The Hall–Kier alpha value is -2.02. The van der Waals surface area contributed by atoms with Gasteiger partial charge in [-0.1, -0.05) is 26.0 Å². The topological polar surface area (TPSA) is 56.1 Å². The smallest absolute Gasteiger partial charge is 0.266 e. The predicted molar refractivity (Wildman–Crippen MR) is 73.5 cm³/mol. The zero-order chi connectivity index (χ0) is 14.0. The SMILES string of the molecule is C=CCN(CC=C)C(=O)/C(C#N)=C\NCC(C)C. The molecule has 0 heterocycles. The maximum atomic E-state index is 12.0. The predicted octanol–water partition coefficient (Wildman–Crippen LogP) is 1.84. The third-order valence-corrected chi connectivity index (χ3v) is 2.11. The monoisotopic (exact) mass is 247 g/mol. The molecule has 0 aliphatic rings. The van der Waals surface area contributed by atoms with Gasteiger partial charge in [0.2, 0.25) is 0 Å². The molecule has 98 valence electrons. The van der Waals surface area contributed by atoms with Crippen LogP contribution in [0.2, 0.25) is 0 Å². The number of hydrogen-bond donors (Lipinski definition) is 1. The van der Waals surface area contributed by atoms with E-state index in [0.717, 1.165) is 6.54 Å². The third kappa shape index (κ3) is 5.90. The first-order valence-electron chi connectivity index (χ1n) is 5.91. The Kier molecular flexibility index (Phi) is 8.04. The molecule has 0 rings (SSSR count). The number of hydrogen-bond acceptors (Lipinski definition) is 3. The summed E-state index contributed by atoms with van der Waals surface area (Å²) in [5, 5.41) is 12.0. The van der Waals surface area contributed by atoms with Crippen LogP contribution in [0.3, 0.4) is 0 Å². The number of carbonyl (C=O) groups excluding carboxylic acids is 1. The van der Waals surface area contributed by atoms with E-state index >= 15 is 0 Å². The second-order valence-electron chi connectivity index (χ2n) is 4.26. The normalized spacial score (nSPS) is 10.7. The lowest BCUT2D eigenvalue weighted by Crippen LogP contribution is -2.33. The van der Waals surface area contributed by atoms with Crippen molar-refractivity contribution in [1.29, 1.82) is 5.26 Å². The highest BCUT2D eigenvalue weighted by molar-refractivity contribution is 5.97. The Bertz CT molecular complexity index is 354. The van der Waals surface area contributed by atoms with Crippen LogP contribution >= 0.6 is 0 Å². The molecule has 0 radical (unpaired) electrons. The molecule has 4 heteroatoms. The van der Waals surface area contributed by atoms with Gasteiger partial charge in [-0.15, -0.1) is 13.2 Å². The van der Waals surface area contributed by atoms with Gasteiger partial charge in [0.25, 0.3) is 5.91 Å². The van der Waals surface area contributed by atoms with Crippen LogP contribution in [0.25, 0.3) is 0 Å². The lowest BCUT2D eigenvalue weighted by atomic mass is 10.2. The summed E-state index contributed by atoms with van der Waals surface area (Å²) >= 11 is 0. The van der Waals surface area contributed by atoms with Gasteiger partial charge in [0.15, 0.2) is 0 Å². The lowest BCUT2D eigenvalue weighted by molar-refractivity contribution is -0.125. The van der Waals surface area contributed by atoms with Crippen LogP contribution in [0.1, 0.15) is 13.8 Å². The molecule has 18 heavy (non-hydrogen) atoms. The van der Waals surface area contributed by atoms with Gasteiger partial charge in [-0.2, -0.15) is 5.26 Å². The van der Waals surface area contributed by atoms with Crippen molar-refractivity contribution in [2.24, 2.45) is 5.92 Å². The highest BCUT2D eigenvalue weighted by atomic mass is 16.2.